The van der Waals surface area contributed by atoms with Gasteiger partial charge in [0, 0.05) is 6.42 Å². The summed E-state index contributed by atoms with van der Waals surface area (Å²) < 4.78 is 0. The molecule has 0 aliphatic heterocycles. The van der Waals surface area contributed by atoms with E-state index in [9.17, 15) is 0 Å². The SMILES string of the molecule is C=CCCC[N+](C)(O)O.[Cl-]. The van der Waals surface area contributed by atoms with Gasteiger partial charge < -0.3 is 12.4 Å². The molecule has 0 heterocycles. The van der Waals surface area contributed by atoms with Crippen LogP contribution in [0.15, 0.2) is 12.7 Å². The van der Waals surface area contributed by atoms with Gasteiger partial charge in [-0.15, -0.1) is 6.58 Å². The molecule has 4 heteroatoms. The normalized spacial score (nSPS) is 10.3. The van der Waals surface area contributed by atoms with Crippen molar-refractivity contribution in [3.8, 4) is 0 Å². The molecule has 0 saturated heterocycles. The second-order valence-corrected chi connectivity index (χ2v) is 2.24. The van der Waals surface area contributed by atoms with Crippen LogP contribution in [0.3, 0.4) is 0 Å². The molecule has 10 heavy (non-hydrogen) atoms. The van der Waals surface area contributed by atoms with Crippen LogP contribution in [0.1, 0.15) is 12.8 Å². The van der Waals surface area contributed by atoms with E-state index in [0.717, 1.165) is 12.8 Å². The van der Waals surface area contributed by atoms with Gasteiger partial charge in [-0.3, -0.25) is 0 Å². The Morgan fingerprint density at radius 3 is 2.30 bits per heavy atom. The third-order valence-corrected chi connectivity index (χ3v) is 0.990. The Morgan fingerprint density at radius 2 is 2.00 bits per heavy atom. The van der Waals surface area contributed by atoms with Gasteiger partial charge in [0.1, 0.15) is 13.6 Å². The average molecular weight is 168 g/mol. The third-order valence-electron chi connectivity index (χ3n) is 0.990. The highest BCUT2D eigenvalue weighted by molar-refractivity contribution is 4.64. The van der Waals surface area contributed by atoms with Crippen molar-refractivity contribution < 1.29 is 27.6 Å². The maximum atomic E-state index is 8.70. The summed E-state index contributed by atoms with van der Waals surface area (Å²) in [5.74, 6) is 0. The molecule has 0 aromatic carbocycles. The second-order valence-electron chi connectivity index (χ2n) is 2.24. The van der Waals surface area contributed by atoms with E-state index >= 15 is 0 Å². The molecule has 0 aromatic heterocycles. The molecule has 0 rings (SSSR count). The molecular formula is C6H14ClNO2. The largest absolute Gasteiger partial charge is 1.00 e. The molecule has 0 aromatic rings. The zero-order valence-corrected chi connectivity index (χ0v) is 6.88. The smallest absolute Gasteiger partial charge is 0.142 e. The Hall–Kier alpha value is -0.0900. The minimum atomic E-state index is -0.937. The number of hydrogen-bond acceptors (Lipinski definition) is 2. The van der Waals surface area contributed by atoms with E-state index in [0.29, 0.717) is 6.54 Å². The maximum Gasteiger partial charge on any atom is 0.142 e. The van der Waals surface area contributed by atoms with Crippen molar-refractivity contribution in [1.82, 2.24) is 0 Å². The lowest BCUT2D eigenvalue weighted by Crippen LogP contribution is -3.00. The van der Waals surface area contributed by atoms with Crippen LogP contribution in [0.5, 0.6) is 0 Å². The monoisotopic (exact) mass is 167 g/mol. The van der Waals surface area contributed by atoms with E-state index in [-0.39, 0.29) is 12.4 Å². The van der Waals surface area contributed by atoms with E-state index in [2.05, 4.69) is 6.58 Å². The summed E-state index contributed by atoms with van der Waals surface area (Å²) >= 11 is 0. The number of hydroxylamine groups is 4. The Morgan fingerprint density at radius 1 is 1.50 bits per heavy atom. The van der Waals surface area contributed by atoms with E-state index < -0.39 is 4.81 Å². The Balaban J connectivity index is 0. The first-order valence-electron chi connectivity index (χ1n) is 2.98. The van der Waals surface area contributed by atoms with Gasteiger partial charge in [-0.25, -0.2) is 0 Å². The molecule has 0 unspecified atom stereocenters. The summed E-state index contributed by atoms with van der Waals surface area (Å²) in [5, 5.41) is 17.4. The number of unbranched alkanes of at least 4 members (excludes halogenated alkanes) is 1. The third kappa shape index (κ3) is 10.8. The van der Waals surface area contributed by atoms with Crippen molar-refractivity contribution in [3.63, 3.8) is 0 Å². The fraction of sp³-hybridized carbons (Fsp3) is 0.667. The molecule has 0 fully saturated rings. The van der Waals surface area contributed by atoms with Gasteiger partial charge >= 0.3 is 0 Å². The summed E-state index contributed by atoms with van der Waals surface area (Å²) in [4.78, 5) is -0.937. The lowest BCUT2D eigenvalue weighted by atomic mass is 10.3. The van der Waals surface area contributed by atoms with Crippen LogP contribution in [0.2, 0.25) is 0 Å². The Bertz CT molecular complexity index is 90.2. The van der Waals surface area contributed by atoms with E-state index in [1.807, 2.05) is 0 Å². The van der Waals surface area contributed by atoms with E-state index in [1.54, 1.807) is 6.08 Å². The van der Waals surface area contributed by atoms with Gasteiger partial charge in [0.15, 0.2) is 0 Å². The second kappa shape index (κ2) is 5.68. The molecule has 62 valence electrons. The summed E-state index contributed by atoms with van der Waals surface area (Å²) in [6.07, 6.45) is 3.34. The highest BCUT2D eigenvalue weighted by atomic mass is 35.5. The highest BCUT2D eigenvalue weighted by Crippen LogP contribution is 1.95. The van der Waals surface area contributed by atoms with Crippen molar-refractivity contribution in [1.29, 1.82) is 0 Å². The fourth-order valence-corrected chi connectivity index (χ4v) is 0.535. The van der Waals surface area contributed by atoms with Crippen molar-refractivity contribution in [2.45, 2.75) is 12.8 Å². The molecule has 0 radical (unpaired) electrons. The van der Waals surface area contributed by atoms with Gasteiger partial charge in [0.2, 0.25) is 0 Å². The summed E-state index contributed by atoms with van der Waals surface area (Å²) in [5.41, 5.74) is 0. The van der Waals surface area contributed by atoms with Crippen LogP contribution in [0.25, 0.3) is 0 Å². The summed E-state index contributed by atoms with van der Waals surface area (Å²) in [6, 6.07) is 0. The predicted octanol–water partition coefficient (Wildman–Crippen LogP) is -1.82. The quantitative estimate of drug-likeness (QED) is 0.224. The first-order valence-corrected chi connectivity index (χ1v) is 2.98. The van der Waals surface area contributed by atoms with Crippen LogP contribution in [0.4, 0.5) is 0 Å². The van der Waals surface area contributed by atoms with Crippen molar-refractivity contribution in [2.75, 3.05) is 13.6 Å². The number of hydrogen-bond donors (Lipinski definition) is 2. The van der Waals surface area contributed by atoms with Crippen LogP contribution in [-0.4, -0.2) is 28.8 Å². The van der Waals surface area contributed by atoms with Gasteiger partial charge in [0.25, 0.3) is 0 Å². The number of rotatable bonds is 4. The molecule has 0 atom stereocenters. The molecule has 0 aliphatic rings. The Kier molecular flexibility index (Phi) is 7.14. The number of allylic oxidation sites excluding steroid dienone is 1. The van der Waals surface area contributed by atoms with Crippen LogP contribution in [0, 0.1) is 0 Å². The van der Waals surface area contributed by atoms with Crippen LogP contribution >= 0.6 is 0 Å². The average Bonchev–Trinajstić information content (AvgIpc) is 1.63. The predicted molar refractivity (Wildman–Crippen MR) is 34.1 cm³/mol. The molecule has 0 amide bonds. The number of quaternary nitrogens is 1. The first-order chi connectivity index (χ1) is 4.06. The zero-order chi connectivity index (χ0) is 7.33. The van der Waals surface area contributed by atoms with Gasteiger partial charge in [-0.2, -0.15) is 10.4 Å². The lowest BCUT2D eigenvalue weighted by Gasteiger charge is -2.13. The molecule has 0 spiro atoms. The van der Waals surface area contributed by atoms with Gasteiger partial charge in [-0.1, -0.05) is 10.9 Å². The van der Waals surface area contributed by atoms with Crippen molar-refractivity contribution >= 4 is 0 Å². The first kappa shape index (κ1) is 12.6. The van der Waals surface area contributed by atoms with Gasteiger partial charge in [-0.05, 0) is 6.42 Å². The molecule has 0 aliphatic carbocycles. The summed E-state index contributed by atoms with van der Waals surface area (Å²) in [6.45, 7) is 3.86. The van der Waals surface area contributed by atoms with Crippen LogP contribution < -0.4 is 12.4 Å². The van der Waals surface area contributed by atoms with Gasteiger partial charge in [0.05, 0.1) is 0 Å². The minimum absolute atomic E-state index is 0. The lowest BCUT2D eigenvalue weighted by molar-refractivity contribution is -1.23. The van der Waals surface area contributed by atoms with Crippen molar-refractivity contribution in [3.05, 3.63) is 12.7 Å². The minimum Gasteiger partial charge on any atom is -1.00 e. The number of nitrogens with zero attached hydrogens (tertiary/aromatic N) is 1. The molecule has 0 bridgehead atoms. The standard InChI is InChI=1S/C6H14NO2.ClH/c1-3-4-5-6-7(2,8)9;/h3,8-9H,1,4-6H2,2H3;1H/q+1;/p-1. The highest BCUT2D eigenvalue weighted by Gasteiger charge is 2.11. The molecule has 2 N–H and O–H groups in total. The molecular weight excluding hydrogens is 154 g/mol. The topological polar surface area (TPSA) is 40.5 Å². The maximum absolute atomic E-state index is 8.70. The van der Waals surface area contributed by atoms with E-state index in [1.165, 1.54) is 7.05 Å². The molecule has 3 nitrogen and oxygen atoms in total. The van der Waals surface area contributed by atoms with E-state index in [4.69, 9.17) is 10.4 Å². The zero-order valence-electron chi connectivity index (χ0n) is 6.13. The van der Waals surface area contributed by atoms with Crippen molar-refractivity contribution in [2.24, 2.45) is 0 Å². The summed E-state index contributed by atoms with van der Waals surface area (Å²) in [7, 11) is 1.32. The Labute approximate surface area is 67.5 Å². The fourth-order valence-electron chi connectivity index (χ4n) is 0.535. The van der Waals surface area contributed by atoms with Crippen LogP contribution in [-0.2, 0) is 0 Å². The molecule has 0 saturated carbocycles. The number of halogens is 1.